The van der Waals surface area contributed by atoms with Gasteiger partial charge in [0.15, 0.2) is 0 Å². The SMILES string of the molecule is O=C(C1CCNCC1)N1CCC(OC2CCNCC2)CC1. The molecule has 0 aliphatic carbocycles. The number of nitrogens with zero attached hydrogens (tertiary/aromatic N) is 1. The molecule has 0 unspecified atom stereocenters. The minimum atomic E-state index is 0.258. The first-order valence-corrected chi connectivity index (χ1v) is 8.68. The van der Waals surface area contributed by atoms with Crippen LogP contribution in [0.5, 0.6) is 0 Å². The molecule has 0 aromatic carbocycles. The Kier molecular flexibility index (Phi) is 5.49. The Morgan fingerprint density at radius 3 is 1.95 bits per heavy atom. The van der Waals surface area contributed by atoms with Crippen LogP contribution in [-0.4, -0.2) is 62.3 Å². The van der Waals surface area contributed by atoms with Crippen LogP contribution >= 0.6 is 0 Å². The molecule has 2 N–H and O–H groups in total. The van der Waals surface area contributed by atoms with Crippen molar-refractivity contribution in [1.29, 1.82) is 0 Å². The Balaban J connectivity index is 1.40. The second-order valence-corrected chi connectivity index (χ2v) is 6.63. The lowest BCUT2D eigenvalue weighted by molar-refractivity contribution is -0.140. The molecule has 3 saturated heterocycles. The van der Waals surface area contributed by atoms with Crippen LogP contribution < -0.4 is 10.6 Å². The molecule has 3 aliphatic heterocycles. The molecule has 3 aliphatic rings. The molecule has 0 saturated carbocycles. The quantitative estimate of drug-likeness (QED) is 0.806. The smallest absolute Gasteiger partial charge is 0.225 e. The lowest BCUT2D eigenvalue weighted by Gasteiger charge is -2.37. The lowest BCUT2D eigenvalue weighted by Crippen LogP contribution is -2.46. The van der Waals surface area contributed by atoms with Gasteiger partial charge in [0, 0.05) is 19.0 Å². The number of hydrogen-bond donors (Lipinski definition) is 2. The van der Waals surface area contributed by atoms with Crippen molar-refractivity contribution in [3.05, 3.63) is 0 Å². The van der Waals surface area contributed by atoms with Crippen molar-refractivity contribution in [2.45, 2.75) is 50.7 Å². The average Bonchev–Trinajstić information content (AvgIpc) is 2.57. The van der Waals surface area contributed by atoms with E-state index < -0.39 is 0 Å². The zero-order chi connectivity index (χ0) is 14.5. The van der Waals surface area contributed by atoms with E-state index in [4.69, 9.17) is 4.74 Å². The average molecular weight is 295 g/mol. The molecular formula is C16H29N3O2. The highest BCUT2D eigenvalue weighted by molar-refractivity contribution is 5.79. The third kappa shape index (κ3) is 4.18. The van der Waals surface area contributed by atoms with Crippen molar-refractivity contribution in [2.24, 2.45) is 5.92 Å². The molecule has 3 rings (SSSR count). The summed E-state index contributed by atoms with van der Waals surface area (Å²) in [5, 5.41) is 6.70. The number of piperidine rings is 3. The van der Waals surface area contributed by atoms with Crippen molar-refractivity contribution in [1.82, 2.24) is 15.5 Å². The molecule has 5 heteroatoms. The van der Waals surface area contributed by atoms with Crippen LogP contribution in [0.4, 0.5) is 0 Å². The summed E-state index contributed by atoms with van der Waals surface area (Å²) in [6.45, 7) is 5.92. The maximum Gasteiger partial charge on any atom is 0.225 e. The first-order valence-electron chi connectivity index (χ1n) is 8.68. The lowest BCUT2D eigenvalue weighted by atomic mass is 9.95. The molecule has 0 atom stereocenters. The van der Waals surface area contributed by atoms with Crippen LogP contribution in [0, 0.1) is 5.92 Å². The summed E-state index contributed by atoms with van der Waals surface area (Å²) in [6.07, 6.45) is 7.10. The van der Waals surface area contributed by atoms with Crippen molar-refractivity contribution >= 4 is 5.91 Å². The van der Waals surface area contributed by atoms with E-state index in [2.05, 4.69) is 15.5 Å². The standard InChI is InChI=1S/C16H29N3O2/c20-16(13-1-7-17-8-2-13)19-11-5-15(6-12-19)21-14-3-9-18-10-4-14/h13-15,17-18H,1-12H2. The zero-order valence-corrected chi connectivity index (χ0v) is 13.0. The summed E-state index contributed by atoms with van der Waals surface area (Å²) in [6, 6.07) is 0. The summed E-state index contributed by atoms with van der Waals surface area (Å²) in [7, 11) is 0. The molecule has 120 valence electrons. The monoisotopic (exact) mass is 295 g/mol. The molecule has 1 amide bonds. The van der Waals surface area contributed by atoms with Crippen LogP contribution in [0.3, 0.4) is 0 Å². The second kappa shape index (κ2) is 7.56. The van der Waals surface area contributed by atoms with Crippen molar-refractivity contribution in [3.63, 3.8) is 0 Å². The van der Waals surface area contributed by atoms with Gasteiger partial charge in [0.1, 0.15) is 0 Å². The molecule has 3 fully saturated rings. The topological polar surface area (TPSA) is 53.6 Å². The fourth-order valence-corrected chi connectivity index (χ4v) is 3.74. The van der Waals surface area contributed by atoms with Gasteiger partial charge in [0.25, 0.3) is 0 Å². The first-order chi connectivity index (χ1) is 10.3. The van der Waals surface area contributed by atoms with Gasteiger partial charge in [-0.05, 0) is 64.7 Å². The van der Waals surface area contributed by atoms with E-state index in [9.17, 15) is 4.79 Å². The first kappa shape index (κ1) is 15.3. The van der Waals surface area contributed by atoms with Gasteiger partial charge < -0.3 is 20.3 Å². The van der Waals surface area contributed by atoms with E-state index in [-0.39, 0.29) is 5.92 Å². The van der Waals surface area contributed by atoms with Gasteiger partial charge >= 0.3 is 0 Å². The predicted octanol–water partition coefficient (Wildman–Crippen LogP) is 0.746. The Bertz CT molecular complexity index is 330. The van der Waals surface area contributed by atoms with Crippen LogP contribution in [0.1, 0.15) is 38.5 Å². The molecule has 0 radical (unpaired) electrons. The number of hydrogen-bond acceptors (Lipinski definition) is 4. The van der Waals surface area contributed by atoms with Gasteiger partial charge in [-0.2, -0.15) is 0 Å². The maximum absolute atomic E-state index is 12.5. The van der Waals surface area contributed by atoms with E-state index in [0.717, 1.165) is 77.8 Å². The fraction of sp³-hybridized carbons (Fsp3) is 0.938. The van der Waals surface area contributed by atoms with Gasteiger partial charge in [-0.1, -0.05) is 0 Å². The second-order valence-electron chi connectivity index (χ2n) is 6.63. The molecule has 3 heterocycles. The summed E-state index contributed by atoms with van der Waals surface area (Å²) < 4.78 is 6.22. The van der Waals surface area contributed by atoms with E-state index >= 15 is 0 Å². The molecule has 0 spiro atoms. The van der Waals surface area contributed by atoms with Crippen LogP contribution in [0.2, 0.25) is 0 Å². The Morgan fingerprint density at radius 1 is 0.810 bits per heavy atom. The van der Waals surface area contributed by atoms with E-state index in [1.165, 1.54) is 0 Å². The largest absolute Gasteiger partial charge is 0.375 e. The van der Waals surface area contributed by atoms with Crippen molar-refractivity contribution in [3.8, 4) is 0 Å². The number of ether oxygens (including phenoxy) is 1. The van der Waals surface area contributed by atoms with E-state index in [0.29, 0.717) is 18.1 Å². The van der Waals surface area contributed by atoms with E-state index in [1.54, 1.807) is 0 Å². The van der Waals surface area contributed by atoms with Gasteiger partial charge in [-0.3, -0.25) is 4.79 Å². The number of nitrogens with one attached hydrogen (secondary N) is 2. The third-order valence-electron chi connectivity index (χ3n) is 5.11. The van der Waals surface area contributed by atoms with Crippen molar-refractivity contribution < 1.29 is 9.53 Å². The summed E-state index contributed by atoms with van der Waals surface area (Å²) in [5.74, 6) is 0.643. The Labute approximate surface area is 127 Å². The number of likely N-dealkylation sites (tertiary alicyclic amines) is 1. The minimum Gasteiger partial charge on any atom is -0.375 e. The molecule has 0 aromatic rings. The molecule has 21 heavy (non-hydrogen) atoms. The fourth-order valence-electron chi connectivity index (χ4n) is 3.74. The van der Waals surface area contributed by atoms with Crippen LogP contribution in [0.15, 0.2) is 0 Å². The number of carbonyl (C=O) groups is 1. The van der Waals surface area contributed by atoms with Crippen LogP contribution in [-0.2, 0) is 9.53 Å². The zero-order valence-electron chi connectivity index (χ0n) is 13.0. The van der Waals surface area contributed by atoms with Gasteiger partial charge in [-0.15, -0.1) is 0 Å². The predicted molar refractivity (Wildman–Crippen MR) is 82.2 cm³/mol. The molecule has 0 bridgehead atoms. The van der Waals surface area contributed by atoms with Gasteiger partial charge in [0.05, 0.1) is 12.2 Å². The normalized spacial score (nSPS) is 27.0. The van der Waals surface area contributed by atoms with Crippen LogP contribution in [0.25, 0.3) is 0 Å². The highest BCUT2D eigenvalue weighted by atomic mass is 16.5. The molecular weight excluding hydrogens is 266 g/mol. The maximum atomic E-state index is 12.5. The summed E-state index contributed by atoms with van der Waals surface area (Å²) >= 11 is 0. The molecule has 0 aromatic heterocycles. The van der Waals surface area contributed by atoms with E-state index in [1.807, 2.05) is 0 Å². The Morgan fingerprint density at radius 2 is 1.33 bits per heavy atom. The van der Waals surface area contributed by atoms with Gasteiger partial charge in [0.2, 0.25) is 5.91 Å². The summed E-state index contributed by atoms with van der Waals surface area (Å²) in [5.41, 5.74) is 0. The summed E-state index contributed by atoms with van der Waals surface area (Å²) in [4.78, 5) is 14.6. The minimum absolute atomic E-state index is 0.258. The number of rotatable bonds is 3. The number of amides is 1. The van der Waals surface area contributed by atoms with Gasteiger partial charge in [-0.25, -0.2) is 0 Å². The molecule has 5 nitrogen and oxygen atoms in total. The highest BCUT2D eigenvalue weighted by Crippen LogP contribution is 2.22. The number of carbonyl (C=O) groups excluding carboxylic acids is 1. The van der Waals surface area contributed by atoms with Crippen molar-refractivity contribution in [2.75, 3.05) is 39.3 Å². The highest BCUT2D eigenvalue weighted by Gasteiger charge is 2.30. The third-order valence-corrected chi connectivity index (χ3v) is 5.11. The Hall–Kier alpha value is -0.650.